The second kappa shape index (κ2) is 5.31. The summed E-state index contributed by atoms with van der Waals surface area (Å²) < 4.78 is 37.7. The van der Waals surface area contributed by atoms with E-state index in [2.05, 4.69) is 9.97 Å². The Morgan fingerprint density at radius 3 is 2.37 bits per heavy atom. The van der Waals surface area contributed by atoms with Crippen molar-refractivity contribution in [2.75, 3.05) is 11.5 Å². The Bertz CT molecular complexity index is 586. The highest BCUT2D eigenvalue weighted by Crippen LogP contribution is 2.33. The summed E-state index contributed by atoms with van der Waals surface area (Å²) in [5.74, 6) is 0.0186. The van der Waals surface area contributed by atoms with E-state index in [1.54, 1.807) is 0 Å². The van der Waals surface area contributed by atoms with Crippen LogP contribution in [0.3, 0.4) is 0 Å². The molecule has 0 saturated heterocycles. The minimum absolute atomic E-state index is 0. The van der Waals surface area contributed by atoms with Gasteiger partial charge in [0.25, 0.3) is 0 Å². The van der Waals surface area contributed by atoms with Crippen molar-refractivity contribution in [2.24, 2.45) is 0 Å². The molecule has 4 N–H and O–H groups in total. The zero-order chi connectivity index (χ0) is 13.3. The van der Waals surface area contributed by atoms with E-state index in [9.17, 15) is 13.2 Å². The summed E-state index contributed by atoms with van der Waals surface area (Å²) in [7, 11) is 0. The number of aromatic nitrogens is 2. The van der Waals surface area contributed by atoms with Gasteiger partial charge in [-0.3, -0.25) is 0 Å². The average Bonchev–Trinajstić information content (AvgIpc) is 2.28. The van der Waals surface area contributed by atoms with E-state index in [-0.39, 0.29) is 24.2 Å². The Morgan fingerprint density at radius 2 is 1.79 bits per heavy atom. The lowest BCUT2D eigenvalue weighted by atomic mass is 10.0. The lowest BCUT2D eigenvalue weighted by Gasteiger charge is -2.09. The number of benzene rings is 1. The summed E-state index contributed by atoms with van der Waals surface area (Å²) in [5, 5.41) is 0. The van der Waals surface area contributed by atoms with Gasteiger partial charge in [-0.25, -0.2) is 4.98 Å². The highest BCUT2D eigenvalue weighted by molar-refractivity contribution is 5.85. The van der Waals surface area contributed by atoms with Crippen LogP contribution in [-0.2, 0) is 6.18 Å². The maximum atomic E-state index is 12.6. The number of nitrogens with two attached hydrogens (primary N) is 2. The number of rotatable bonds is 1. The normalized spacial score (nSPS) is 10.9. The highest BCUT2D eigenvalue weighted by Gasteiger charge is 2.30. The van der Waals surface area contributed by atoms with Crippen LogP contribution in [0, 0.1) is 0 Å². The Morgan fingerprint density at radius 1 is 1.11 bits per heavy atom. The number of nitrogen functional groups attached to an aromatic ring is 2. The van der Waals surface area contributed by atoms with Gasteiger partial charge in [-0.05, 0) is 17.7 Å². The van der Waals surface area contributed by atoms with Crippen molar-refractivity contribution >= 4 is 24.2 Å². The molecule has 4 nitrogen and oxygen atoms in total. The van der Waals surface area contributed by atoms with Crippen molar-refractivity contribution in [2.45, 2.75) is 6.18 Å². The smallest absolute Gasteiger partial charge is 0.383 e. The van der Waals surface area contributed by atoms with Gasteiger partial charge in [-0.1, -0.05) is 12.1 Å². The van der Waals surface area contributed by atoms with Gasteiger partial charge in [-0.15, -0.1) is 12.4 Å². The molecule has 0 atom stereocenters. The second-order valence-electron chi connectivity index (χ2n) is 3.61. The summed E-state index contributed by atoms with van der Waals surface area (Å²) in [6, 6.07) is 4.78. The minimum Gasteiger partial charge on any atom is -0.383 e. The number of hydrogen-bond donors (Lipinski definition) is 2. The molecule has 0 amide bonds. The van der Waals surface area contributed by atoms with Crippen LogP contribution in [0.5, 0.6) is 0 Å². The van der Waals surface area contributed by atoms with Gasteiger partial charge in [0.05, 0.1) is 5.56 Å². The predicted molar refractivity (Wildman–Crippen MR) is 68.5 cm³/mol. The molecule has 0 radical (unpaired) electrons. The standard InChI is InChI=1S/C11H9F3N4.ClH/c12-11(13,14)7-3-1-2-6(4-7)8-5-17-10(16)18-9(8)15;/h1-5H,(H4,15,16,17,18);1H. The fraction of sp³-hybridized carbons (Fsp3) is 0.0909. The number of nitrogens with zero attached hydrogens (tertiary/aromatic N) is 2. The molecule has 19 heavy (non-hydrogen) atoms. The molecule has 1 aromatic carbocycles. The van der Waals surface area contributed by atoms with E-state index in [4.69, 9.17) is 11.5 Å². The third-order valence-electron chi connectivity index (χ3n) is 2.34. The van der Waals surface area contributed by atoms with E-state index in [1.165, 1.54) is 18.3 Å². The Hall–Kier alpha value is -2.02. The van der Waals surface area contributed by atoms with Gasteiger partial charge in [0, 0.05) is 11.8 Å². The molecule has 2 rings (SSSR count). The molecule has 0 spiro atoms. The van der Waals surface area contributed by atoms with Crippen molar-refractivity contribution in [3.63, 3.8) is 0 Å². The van der Waals surface area contributed by atoms with Crippen LogP contribution in [0.1, 0.15) is 5.56 Å². The molecule has 1 heterocycles. The molecule has 2 aromatic rings. The SMILES string of the molecule is Cl.Nc1ncc(-c2cccc(C(F)(F)F)c2)c(N)n1. The highest BCUT2D eigenvalue weighted by atomic mass is 35.5. The molecule has 0 fully saturated rings. The molecule has 0 saturated carbocycles. The van der Waals surface area contributed by atoms with E-state index >= 15 is 0 Å². The molecule has 0 aliphatic heterocycles. The fourth-order valence-electron chi connectivity index (χ4n) is 1.49. The third kappa shape index (κ3) is 3.25. The quantitative estimate of drug-likeness (QED) is 0.846. The largest absolute Gasteiger partial charge is 0.416 e. The first-order chi connectivity index (χ1) is 8.38. The van der Waals surface area contributed by atoms with Crippen LogP contribution < -0.4 is 11.5 Å². The maximum Gasteiger partial charge on any atom is 0.416 e. The van der Waals surface area contributed by atoms with Crippen LogP contribution >= 0.6 is 12.4 Å². The van der Waals surface area contributed by atoms with Crippen molar-refractivity contribution in [3.8, 4) is 11.1 Å². The topological polar surface area (TPSA) is 77.8 Å². The molecular weight excluding hydrogens is 281 g/mol. The van der Waals surface area contributed by atoms with Crippen LogP contribution in [-0.4, -0.2) is 9.97 Å². The summed E-state index contributed by atoms with van der Waals surface area (Å²) in [6.45, 7) is 0. The molecule has 0 bridgehead atoms. The van der Waals surface area contributed by atoms with Crippen LogP contribution in [0.25, 0.3) is 11.1 Å². The van der Waals surface area contributed by atoms with Gasteiger partial charge in [0.2, 0.25) is 5.95 Å². The van der Waals surface area contributed by atoms with Gasteiger partial charge < -0.3 is 11.5 Å². The van der Waals surface area contributed by atoms with Crippen LogP contribution in [0.4, 0.5) is 24.9 Å². The van der Waals surface area contributed by atoms with Crippen molar-refractivity contribution < 1.29 is 13.2 Å². The van der Waals surface area contributed by atoms with Gasteiger partial charge in [0.15, 0.2) is 0 Å². The molecule has 0 unspecified atom stereocenters. The maximum absolute atomic E-state index is 12.6. The molecule has 0 aliphatic carbocycles. The first kappa shape index (κ1) is 15.0. The zero-order valence-electron chi connectivity index (χ0n) is 9.48. The summed E-state index contributed by atoms with van der Waals surface area (Å²) in [6.07, 6.45) is -3.10. The van der Waals surface area contributed by atoms with E-state index in [0.717, 1.165) is 12.1 Å². The van der Waals surface area contributed by atoms with Gasteiger partial charge in [0.1, 0.15) is 5.82 Å². The lowest BCUT2D eigenvalue weighted by Crippen LogP contribution is -2.05. The van der Waals surface area contributed by atoms with Crippen molar-refractivity contribution in [1.29, 1.82) is 0 Å². The number of hydrogen-bond acceptors (Lipinski definition) is 4. The summed E-state index contributed by atoms with van der Waals surface area (Å²) in [5.41, 5.74) is 10.8. The average molecular weight is 291 g/mol. The first-order valence-corrected chi connectivity index (χ1v) is 4.93. The Kier molecular flexibility index (Phi) is 4.21. The van der Waals surface area contributed by atoms with E-state index < -0.39 is 11.7 Å². The van der Waals surface area contributed by atoms with Crippen LogP contribution in [0.2, 0.25) is 0 Å². The third-order valence-corrected chi connectivity index (χ3v) is 2.34. The lowest BCUT2D eigenvalue weighted by molar-refractivity contribution is -0.137. The number of anilines is 2. The Labute approximate surface area is 113 Å². The molecule has 102 valence electrons. The minimum atomic E-state index is -4.40. The van der Waals surface area contributed by atoms with Crippen molar-refractivity contribution in [1.82, 2.24) is 9.97 Å². The summed E-state index contributed by atoms with van der Waals surface area (Å²) >= 11 is 0. The fourth-order valence-corrected chi connectivity index (χ4v) is 1.49. The molecule has 0 aliphatic rings. The monoisotopic (exact) mass is 290 g/mol. The van der Waals surface area contributed by atoms with E-state index in [1.807, 2.05) is 0 Å². The first-order valence-electron chi connectivity index (χ1n) is 4.93. The van der Waals surface area contributed by atoms with Crippen LogP contribution in [0.15, 0.2) is 30.5 Å². The Balaban J connectivity index is 0.00000180. The van der Waals surface area contributed by atoms with Gasteiger partial charge in [-0.2, -0.15) is 18.2 Å². The predicted octanol–water partition coefficient (Wildman–Crippen LogP) is 2.75. The molecular formula is C11H10ClF3N4. The molecule has 1 aromatic heterocycles. The zero-order valence-corrected chi connectivity index (χ0v) is 10.3. The van der Waals surface area contributed by atoms with Crippen molar-refractivity contribution in [3.05, 3.63) is 36.0 Å². The molecule has 8 heteroatoms. The number of alkyl halides is 3. The number of halogens is 4. The van der Waals surface area contributed by atoms with Gasteiger partial charge >= 0.3 is 6.18 Å². The second-order valence-corrected chi connectivity index (χ2v) is 3.61. The summed E-state index contributed by atoms with van der Waals surface area (Å²) in [4.78, 5) is 7.42. The van der Waals surface area contributed by atoms with E-state index in [0.29, 0.717) is 11.1 Å².